The van der Waals surface area contributed by atoms with Crippen molar-refractivity contribution in [2.24, 2.45) is 0 Å². The first-order valence-corrected chi connectivity index (χ1v) is 13.1. The SMILES string of the molecule is Cc1ccc(CNc2nc(NCCCCCCNc3ccc([N+](=O)[O-])c4nonc34)nc(NC(C)C)n2)cc1. The van der Waals surface area contributed by atoms with Crippen LogP contribution in [0, 0.1) is 17.0 Å². The smallest absolute Gasteiger partial charge is 0.300 e. The van der Waals surface area contributed by atoms with E-state index in [1.807, 2.05) is 13.8 Å². The zero-order chi connectivity index (χ0) is 27.6. The normalized spacial score (nSPS) is 11.1. The number of hydrogen-bond acceptors (Lipinski definition) is 12. The third-order valence-corrected chi connectivity index (χ3v) is 5.92. The minimum absolute atomic E-state index is 0.122. The van der Waals surface area contributed by atoms with Gasteiger partial charge in [0.05, 0.1) is 10.6 Å². The topological polar surface area (TPSA) is 169 Å². The van der Waals surface area contributed by atoms with Crippen LogP contribution in [0.1, 0.15) is 50.7 Å². The minimum atomic E-state index is -0.494. The van der Waals surface area contributed by atoms with Crippen LogP contribution in [0.4, 0.5) is 29.2 Å². The molecule has 0 fully saturated rings. The maximum absolute atomic E-state index is 11.1. The quantitative estimate of drug-likeness (QED) is 0.0901. The van der Waals surface area contributed by atoms with Crippen molar-refractivity contribution in [3.05, 3.63) is 57.6 Å². The van der Waals surface area contributed by atoms with Gasteiger partial charge in [0.2, 0.25) is 23.4 Å². The third kappa shape index (κ3) is 7.97. The molecule has 0 aliphatic rings. The Morgan fingerprint density at radius 1 is 0.821 bits per heavy atom. The van der Waals surface area contributed by atoms with E-state index in [-0.39, 0.29) is 17.2 Å². The van der Waals surface area contributed by atoms with Crippen molar-refractivity contribution >= 4 is 40.3 Å². The molecule has 0 saturated heterocycles. The van der Waals surface area contributed by atoms with E-state index >= 15 is 0 Å². The first-order chi connectivity index (χ1) is 18.9. The molecule has 0 unspecified atom stereocenters. The Balaban J connectivity index is 1.20. The summed E-state index contributed by atoms with van der Waals surface area (Å²) in [5, 5.41) is 31.7. The molecule has 0 atom stereocenters. The molecular weight excluding hydrogens is 500 g/mol. The number of nitro groups is 1. The highest BCUT2D eigenvalue weighted by atomic mass is 16.6. The number of nitro benzene ring substituents is 1. The number of non-ortho nitro benzene ring substituents is 1. The number of aromatic nitrogens is 5. The van der Waals surface area contributed by atoms with Gasteiger partial charge in [0.1, 0.15) is 0 Å². The van der Waals surface area contributed by atoms with Gasteiger partial charge in [-0.1, -0.05) is 42.7 Å². The van der Waals surface area contributed by atoms with Crippen molar-refractivity contribution in [3.8, 4) is 0 Å². The second-order valence-electron chi connectivity index (χ2n) is 9.56. The van der Waals surface area contributed by atoms with Crippen molar-refractivity contribution in [2.45, 2.75) is 59.0 Å². The summed E-state index contributed by atoms with van der Waals surface area (Å²) in [5.74, 6) is 1.58. The van der Waals surface area contributed by atoms with E-state index in [1.54, 1.807) is 6.07 Å². The molecule has 4 rings (SSSR count). The fraction of sp³-hybridized carbons (Fsp3) is 0.423. The molecule has 0 radical (unpaired) electrons. The predicted octanol–water partition coefficient (Wildman–Crippen LogP) is 5.14. The summed E-state index contributed by atoms with van der Waals surface area (Å²) in [6.07, 6.45) is 3.93. The number of nitrogens with one attached hydrogen (secondary N) is 4. The minimum Gasteiger partial charge on any atom is -0.383 e. The van der Waals surface area contributed by atoms with E-state index < -0.39 is 4.92 Å². The summed E-state index contributed by atoms with van der Waals surface area (Å²) in [7, 11) is 0. The van der Waals surface area contributed by atoms with Gasteiger partial charge in [-0.05, 0) is 55.6 Å². The molecule has 0 spiro atoms. The molecule has 4 aromatic rings. The van der Waals surface area contributed by atoms with Crippen LogP contribution in [0.15, 0.2) is 41.0 Å². The maximum atomic E-state index is 11.1. The Kier molecular flexibility index (Phi) is 9.38. The van der Waals surface area contributed by atoms with Gasteiger partial charge in [-0.3, -0.25) is 10.1 Å². The van der Waals surface area contributed by atoms with Gasteiger partial charge in [0.15, 0.2) is 5.52 Å². The van der Waals surface area contributed by atoms with Crippen LogP contribution in [0.5, 0.6) is 0 Å². The van der Waals surface area contributed by atoms with Gasteiger partial charge in [-0.2, -0.15) is 15.0 Å². The molecule has 0 bridgehead atoms. The number of benzene rings is 2. The van der Waals surface area contributed by atoms with Crippen LogP contribution in [0.25, 0.3) is 11.0 Å². The van der Waals surface area contributed by atoms with Crippen LogP contribution in [0.2, 0.25) is 0 Å². The van der Waals surface area contributed by atoms with Gasteiger partial charge in [-0.15, -0.1) is 0 Å². The number of aryl methyl sites for hydroxylation is 1. The molecule has 0 saturated carbocycles. The van der Waals surface area contributed by atoms with Crippen LogP contribution in [0.3, 0.4) is 0 Å². The Bertz CT molecular complexity index is 1370. The van der Waals surface area contributed by atoms with Gasteiger partial charge < -0.3 is 21.3 Å². The fourth-order valence-electron chi connectivity index (χ4n) is 3.91. The lowest BCUT2D eigenvalue weighted by atomic mass is 10.1. The molecule has 13 heteroatoms. The van der Waals surface area contributed by atoms with E-state index in [0.717, 1.165) is 37.8 Å². The Morgan fingerprint density at radius 2 is 1.46 bits per heavy atom. The summed E-state index contributed by atoms with van der Waals surface area (Å²) < 4.78 is 4.70. The van der Waals surface area contributed by atoms with Gasteiger partial charge in [0, 0.05) is 31.7 Å². The number of anilines is 4. The standard InChI is InChI=1S/C26H34N10O3/c1-17(2)30-26-32-24(31-25(33-26)29-16-19-10-8-18(3)9-11-19)28-15-7-5-4-6-14-27-20-12-13-21(36(37)38)23-22(20)34-39-35-23/h8-13,17,27H,4-7,14-16H2,1-3H3,(H3,28,29,30,31,32,33). The summed E-state index contributed by atoms with van der Waals surface area (Å²) in [4.78, 5) is 24.2. The lowest BCUT2D eigenvalue weighted by molar-refractivity contribution is -0.383. The van der Waals surface area contributed by atoms with Gasteiger partial charge in [-0.25, -0.2) is 4.63 Å². The van der Waals surface area contributed by atoms with Crippen molar-refractivity contribution in [3.63, 3.8) is 0 Å². The summed E-state index contributed by atoms with van der Waals surface area (Å²) in [5.41, 5.74) is 3.44. The van der Waals surface area contributed by atoms with E-state index in [1.165, 1.54) is 11.6 Å². The largest absolute Gasteiger partial charge is 0.383 e. The second kappa shape index (κ2) is 13.3. The van der Waals surface area contributed by atoms with Crippen LogP contribution < -0.4 is 21.3 Å². The van der Waals surface area contributed by atoms with Crippen molar-refractivity contribution in [1.29, 1.82) is 0 Å². The molecular formula is C26H34N10O3. The van der Waals surface area contributed by atoms with Crippen LogP contribution >= 0.6 is 0 Å². The summed E-state index contributed by atoms with van der Waals surface area (Å²) in [6, 6.07) is 11.6. The van der Waals surface area contributed by atoms with E-state index in [9.17, 15) is 10.1 Å². The highest BCUT2D eigenvalue weighted by molar-refractivity contribution is 5.93. The average molecular weight is 535 g/mol. The molecule has 2 heterocycles. The summed E-state index contributed by atoms with van der Waals surface area (Å²) in [6.45, 7) is 8.22. The summed E-state index contributed by atoms with van der Waals surface area (Å²) >= 11 is 0. The first kappa shape index (κ1) is 27.5. The average Bonchev–Trinajstić information content (AvgIpc) is 3.39. The number of fused-ring (bicyclic) bond motifs is 1. The van der Waals surface area contributed by atoms with Gasteiger partial charge >= 0.3 is 5.69 Å². The third-order valence-electron chi connectivity index (χ3n) is 5.92. The Hall–Kier alpha value is -4.55. The lowest BCUT2D eigenvalue weighted by Crippen LogP contribution is -2.16. The first-order valence-electron chi connectivity index (χ1n) is 13.1. The van der Waals surface area contributed by atoms with Crippen molar-refractivity contribution in [2.75, 3.05) is 34.4 Å². The molecule has 2 aromatic heterocycles. The molecule has 0 aliphatic carbocycles. The Labute approximate surface area is 226 Å². The molecule has 4 N–H and O–H groups in total. The van der Waals surface area contributed by atoms with E-state index in [0.29, 0.717) is 42.1 Å². The van der Waals surface area contributed by atoms with E-state index in [2.05, 4.69) is 77.7 Å². The van der Waals surface area contributed by atoms with E-state index in [4.69, 9.17) is 4.63 Å². The van der Waals surface area contributed by atoms with Crippen LogP contribution in [-0.4, -0.2) is 49.3 Å². The monoisotopic (exact) mass is 534 g/mol. The van der Waals surface area contributed by atoms with Crippen molar-refractivity contribution < 1.29 is 9.55 Å². The fourth-order valence-corrected chi connectivity index (χ4v) is 3.91. The molecule has 39 heavy (non-hydrogen) atoms. The predicted molar refractivity (Wildman–Crippen MR) is 151 cm³/mol. The zero-order valence-electron chi connectivity index (χ0n) is 22.4. The highest BCUT2D eigenvalue weighted by Gasteiger charge is 2.19. The highest BCUT2D eigenvalue weighted by Crippen LogP contribution is 2.28. The van der Waals surface area contributed by atoms with Crippen molar-refractivity contribution in [1.82, 2.24) is 25.3 Å². The number of nitrogens with zero attached hydrogens (tertiary/aromatic N) is 6. The maximum Gasteiger partial charge on any atom is 0.300 e. The molecule has 206 valence electrons. The lowest BCUT2D eigenvalue weighted by Gasteiger charge is -2.13. The molecule has 0 amide bonds. The zero-order valence-corrected chi connectivity index (χ0v) is 22.4. The molecule has 0 aliphatic heterocycles. The molecule has 13 nitrogen and oxygen atoms in total. The second-order valence-corrected chi connectivity index (χ2v) is 9.56. The number of unbranched alkanes of at least 4 members (excludes halogenated alkanes) is 3. The number of rotatable bonds is 15. The van der Waals surface area contributed by atoms with Gasteiger partial charge in [0.25, 0.3) is 0 Å². The van der Waals surface area contributed by atoms with Crippen LogP contribution in [-0.2, 0) is 6.54 Å². The Morgan fingerprint density at radius 3 is 2.15 bits per heavy atom. The molecule has 2 aromatic carbocycles. The number of hydrogen-bond donors (Lipinski definition) is 4.